The van der Waals surface area contributed by atoms with Gasteiger partial charge in [-0.05, 0) is 36.8 Å². The second-order valence-electron chi connectivity index (χ2n) is 5.37. The lowest BCUT2D eigenvalue weighted by Crippen LogP contribution is -2.20. The molecular formula is C18H19N3O. The highest BCUT2D eigenvalue weighted by Crippen LogP contribution is 2.17. The molecule has 0 aliphatic carbocycles. The average Bonchev–Trinajstić information content (AvgIpc) is 2.85. The molecule has 0 spiro atoms. The topological polar surface area (TPSA) is 46.9 Å². The Bertz CT molecular complexity index is 820. The van der Waals surface area contributed by atoms with E-state index in [1.165, 1.54) is 0 Å². The lowest BCUT2D eigenvalue weighted by Gasteiger charge is -2.09. The lowest BCUT2D eigenvalue weighted by molar-refractivity contribution is -0.116. The van der Waals surface area contributed by atoms with E-state index in [1.807, 2.05) is 60.0 Å². The highest BCUT2D eigenvalue weighted by molar-refractivity contribution is 5.91. The number of rotatable bonds is 4. The van der Waals surface area contributed by atoms with Crippen LogP contribution in [0.2, 0.25) is 0 Å². The van der Waals surface area contributed by atoms with Gasteiger partial charge in [-0.1, -0.05) is 31.2 Å². The number of fused-ring (bicyclic) bond motifs is 1. The Morgan fingerprint density at radius 3 is 2.77 bits per heavy atom. The lowest BCUT2D eigenvalue weighted by atomic mass is 10.2. The van der Waals surface area contributed by atoms with Gasteiger partial charge in [-0.15, -0.1) is 0 Å². The number of imidazole rings is 1. The van der Waals surface area contributed by atoms with Crippen molar-refractivity contribution in [2.75, 3.05) is 5.32 Å². The van der Waals surface area contributed by atoms with Crippen molar-refractivity contribution in [3.63, 3.8) is 0 Å². The molecule has 0 saturated heterocycles. The second-order valence-corrected chi connectivity index (χ2v) is 5.37. The van der Waals surface area contributed by atoms with Gasteiger partial charge >= 0.3 is 0 Å². The van der Waals surface area contributed by atoms with E-state index in [-0.39, 0.29) is 12.5 Å². The Balaban J connectivity index is 1.85. The van der Waals surface area contributed by atoms with Crippen LogP contribution >= 0.6 is 0 Å². The van der Waals surface area contributed by atoms with Crippen LogP contribution in [0.4, 0.5) is 5.69 Å². The predicted molar refractivity (Wildman–Crippen MR) is 88.9 cm³/mol. The quantitative estimate of drug-likeness (QED) is 0.799. The van der Waals surface area contributed by atoms with Crippen LogP contribution in [0.1, 0.15) is 18.3 Å². The summed E-state index contributed by atoms with van der Waals surface area (Å²) in [6.45, 7) is 4.34. The van der Waals surface area contributed by atoms with Gasteiger partial charge in [-0.2, -0.15) is 0 Å². The van der Waals surface area contributed by atoms with E-state index < -0.39 is 0 Å². The van der Waals surface area contributed by atoms with E-state index in [0.29, 0.717) is 0 Å². The maximum Gasteiger partial charge on any atom is 0.244 e. The van der Waals surface area contributed by atoms with E-state index >= 15 is 0 Å². The molecule has 112 valence electrons. The molecule has 22 heavy (non-hydrogen) atoms. The molecule has 0 radical (unpaired) electrons. The number of carbonyl (C=O) groups is 1. The molecule has 4 nitrogen and oxygen atoms in total. The number of amides is 1. The minimum absolute atomic E-state index is 0.0385. The minimum Gasteiger partial charge on any atom is -0.325 e. The van der Waals surface area contributed by atoms with Gasteiger partial charge in [0.2, 0.25) is 5.91 Å². The number of para-hydroxylation sites is 2. The smallest absolute Gasteiger partial charge is 0.244 e. The summed E-state index contributed by atoms with van der Waals surface area (Å²) in [6.07, 6.45) is 0.798. The highest BCUT2D eigenvalue weighted by atomic mass is 16.1. The summed E-state index contributed by atoms with van der Waals surface area (Å²) in [4.78, 5) is 16.9. The van der Waals surface area contributed by atoms with Gasteiger partial charge in [-0.25, -0.2) is 4.98 Å². The van der Waals surface area contributed by atoms with E-state index in [1.54, 1.807) is 0 Å². The molecule has 0 atom stereocenters. The first-order valence-electron chi connectivity index (χ1n) is 7.48. The molecule has 1 N–H and O–H groups in total. The summed E-state index contributed by atoms with van der Waals surface area (Å²) in [6, 6.07) is 15.7. The highest BCUT2D eigenvalue weighted by Gasteiger charge is 2.12. The molecule has 0 unspecified atom stereocenters. The summed E-state index contributed by atoms with van der Waals surface area (Å²) >= 11 is 0. The van der Waals surface area contributed by atoms with Gasteiger partial charge in [0.1, 0.15) is 12.4 Å². The van der Waals surface area contributed by atoms with Crippen LogP contribution in [0.3, 0.4) is 0 Å². The van der Waals surface area contributed by atoms with Crippen LogP contribution in [-0.2, 0) is 17.8 Å². The normalized spacial score (nSPS) is 10.8. The maximum absolute atomic E-state index is 12.3. The molecule has 1 heterocycles. The van der Waals surface area contributed by atoms with Gasteiger partial charge < -0.3 is 9.88 Å². The van der Waals surface area contributed by atoms with Crippen LogP contribution in [0.25, 0.3) is 11.0 Å². The van der Waals surface area contributed by atoms with E-state index in [2.05, 4.69) is 17.2 Å². The summed E-state index contributed by atoms with van der Waals surface area (Å²) in [5.41, 5.74) is 3.88. The Morgan fingerprint density at radius 2 is 2.00 bits per heavy atom. The van der Waals surface area contributed by atoms with Gasteiger partial charge in [0.05, 0.1) is 11.0 Å². The third-order valence-corrected chi connectivity index (χ3v) is 3.65. The van der Waals surface area contributed by atoms with Crippen LogP contribution in [-0.4, -0.2) is 15.5 Å². The largest absolute Gasteiger partial charge is 0.325 e. The number of hydrogen-bond acceptors (Lipinski definition) is 2. The SMILES string of the molecule is CCc1nc2ccccc2n1CC(=O)Nc1cccc(C)c1. The first kappa shape index (κ1) is 14.3. The number of anilines is 1. The second kappa shape index (κ2) is 6.02. The third kappa shape index (κ3) is 2.86. The molecule has 1 amide bonds. The molecule has 1 aromatic heterocycles. The molecule has 4 heteroatoms. The number of carbonyl (C=O) groups excluding carboxylic acids is 1. The fourth-order valence-electron chi connectivity index (χ4n) is 2.64. The molecule has 2 aromatic carbocycles. The van der Waals surface area contributed by atoms with Crippen molar-refractivity contribution >= 4 is 22.6 Å². The average molecular weight is 293 g/mol. The first-order chi connectivity index (χ1) is 10.7. The van der Waals surface area contributed by atoms with Crippen molar-refractivity contribution in [1.29, 1.82) is 0 Å². The van der Waals surface area contributed by atoms with Gasteiger partial charge in [0.15, 0.2) is 0 Å². The summed E-state index contributed by atoms with van der Waals surface area (Å²) < 4.78 is 1.99. The van der Waals surface area contributed by atoms with Crippen molar-refractivity contribution in [2.24, 2.45) is 0 Å². The van der Waals surface area contributed by atoms with Crippen molar-refractivity contribution in [1.82, 2.24) is 9.55 Å². The molecular weight excluding hydrogens is 274 g/mol. The molecule has 0 saturated carbocycles. The fraction of sp³-hybridized carbons (Fsp3) is 0.222. The molecule has 3 aromatic rings. The number of aromatic nitrogens is 2. The van der Waals surface area contributed by atoms with Crippen LogP contribution in [0, 0.1) is 6.92 Å². The van der Waals surface area contributed by atoms with Crippen molar-refractivity contribution in [3.05, 3.63) is 59.9 Å². The fourth-order valence-corrected chi connectivity index (χ4v) is 2.64. The van der Waals surface area contributed by atoms with Gasteiger partial charge in [0.25, 0.3) is 0 Å². The molecule has 0 aliphatic heterocycles. The Hall–Kier alpha value is -2.62. The predicted octanol–water partition coefficient (Wildman–Crippen LogP) is 3.55. The molecule has 0 fully saturated rings. The number of hydrogen-bond donors (Lipinski definition) is 1. The van der Waals surface area contributed by atoms with Crippen molar-refractivity contribution < 1.29 is 4.79 Å². The Kier molecular flexibility index (Phi) is 3.92. The Labute approximate surface area is 129 Å². The summed E-state index contributed by atoms with van der Waals surface area (Å²) in [7, 11) is 0. The summed E-state index contributed by atoms with van der Waals surface area (Å²) in [5, 5.41) is 2.95. The zero-order valence-corrected chi connectivity index (χ0v) is 12.8. The van der Waals surface area contributed by atoms with Crippen LogP contribution < -0.4 is 5.32 Å². The van der Waals surface area contributed by atoms with E-state index in [0.717, 1.165) is 34.5 Å². The van der Waals surface area contributed by atoms with Crippen LogP contribution in [0.5, 0.6) is 0 Å². The monoisotopic (exact) mass is 293 g/mol. The standard InChI is InChI=1S/C18H19N3O/c1-3-17-20-15-9-4-5-10-16(15)21(17)12-18(22)19-14-8-6-7-13(2)11-14/h4-11H,3,12H2,1-2H3,(H,19,22). The Morgan fingerprint density at radius 1 is 1.18 bits per heavy atom. The van der Waals surface area contributed by atoms with E-state index in [9.17, 15) is 4.79 Å². The summed E-state index contributed by atoms with van der Waals surface area (Å²) in [5.74, 6) is 0.893. The van der Waals surface area contributed by atoms with Gasteiger partial charge in [0, 0.05) is 12.1 Å². The first-order valence-corrected chi connectivity index (χ1v) is 7.48. The maximum atomic E-state index is 12.3. The molecule has 0 bridgehead atoms. The van der Waals surface area contributed by atoms with Crippen LogP contribution in [0.15, 0.2) is 48.5 Å². The van der Waals surface area contributed by atoms with Crippen molar-refractivity contribution in [3.8, 4) is 0 Å². The minimum atomic E-state index is -0.0385. The van der Waals surface area contributed by atoms with Crippen molar-refractivity contribution in [2.45, 2.75) is 26.8 Å². The number of nitrogens with zero attached hydrogens (tertiary/aromatic N) is 2. The molecule has 0 aliphatic rings. The zero-order valence-electron chi connectivity index (χ0n) is 12.8. The zero-order chi connectivity index (χ0) is 15.5. The number of benzene rings is 2. The molecule has 3 rings (SSSR count). The third-order valence-electron chi connectivity index (χ3n) is 3.65. The number of aryl methyl sites for hydroxylation is 2. The number of nitrogens with one attached hydrogen (secondary N) is 1. The van der Waals surface area contributed by atoms with E-state index in [4.69, 9.17) is 0 Å². The van der Waals surface area contributed by atoms with Gasteiger partial charge in [-0.3, -0.25) is 4.79 Å².